The Balaban J connectivity index is 1.51. The van der Waals surface area contributed by atoms with Gasteiger partial charge in [-0.1, -0.05) is 36.4 Å². The van der Waals surface area contributed by atoms with Crippen molar-refractivity contribution >= 4 is 5.91 Å². The summed E-state index contributed by atoms with van der Waals surface area (Å²) in [4.78, 5) is 14.3. The van der Waals surface area contributed by atoms with Crippen LogP contribution >= 0.6 is 0 Å². The van der Waals surface area contributed by atoms with E-state index in [1.807, 2.05) is 18.2 Å². The summed E-state index contributed by atoms with van der Waals surface area (Å²) < 4.78 is 5.56. The Morgan fingerprint density at radius 1 is 1.17 bits per heavy atom. The molecule has 0 saturated heterocycles. The molecule has 2 aliphatic heterocycles. The highest BCUT2D eigenvalue weighted by molar-refractivity contribution is 5.82. The summed E-state index contributed by atoms with van der Waals surface area (Å²) in [7, 11) is 0. The molecule has 0 radical (unpaired) electrons. The quantitative estimate of drug-likeness (QED) is 0.939. The number of amides is 1. The van der Waals surface area contributed by atoms with Gasteiger partial charge < -0.3 is 10.5 Å². The number of rotatable bonds is 4. The summed E-state index contributed by atoms with van der Waals surface area (Å²) in [5.74, 6) is 0.755. The van der Waals surface area contributed by atoms with Crippen LogP contribution in [0, 0.1) is 0 Å². The molecule has 0 spiro atoms. The number of ether oxygens (including phenoxy) is 1. The summed E-state index contributed by atoms with van der Waals surface area (Å²) in [6.07, 6.45) is 2.88. The molecule has 0 bridgehead atoms. The van der Waals surface area contributed by atoms with Gasteiger partial charge in [-0.3, -0.25) is 9.69 Å². The molecular formula is C20H22N2O2. The Bertz CT molecular complexity index is 772. The van der Waals surface area contributed by atoms with Crippen LogP contribution in [0.15, 0.2) is 42.5 Å². The van der Waals surface area contributed by atoms with Gasteiger partial charge in [0.2, 0.25) is 5.91 Å². The van der Waals surface area contributed by atoms with E-state index in [2.05, 4.69) is 29.2 Å². The van der Waals surface area contributed by atoms with Crippen LogP contribution in [0.25, 0.3) is 0 Å². The van der Waals surface area contributed by atoms with E-state index < -0.39 is 0 Å². The first-order valence-corrected chi connectivity index (χ1v) is 8.58. The SMILES string of the molecule is NC(=O)C1c2ccccc2CCN1CCc1ccc2c(c1)CCO2. The highest BCUT2D eigenvalue weighted by Crippen LogP contribution is 2.30. The Morgan fingerprint density at radius 2 is 2.04 bits per heavy atom. The van der Waals surface area contributed by atoms with Gasteiger partial charge in [-0.2, -0.15) is 0 Å². The van der Waals surface area contributed by atoms with E-state index in [1.54, 1.807) is 0 Å². The lowest BCUT2D eigenvalue weighted by molar-refractivity contribution is -0.123. The fraction of sp³-hybridized carbons (Fsp3) is 0.350. The number of hydrogen-bond donors (Lipinski definition) is 1. The van der Waals surface area contributed by atoms with Crippen molar-refractivity contribution in [2.24, 2.45) is 5.73 Å². The molecule has 124 valence electrons. The van der Waals surface area contributed by atoms with Crippen molar-refractivity contribution in [2.45, 2.75) is 25.3 Å². The van der Waals surface area contributed by atoms with E-state index in [-0.39, 0.29) is 11.9 Å². The molecule has 0 aliphatic carbocycles. The molecule has 1 amide bonds. The van der Waals surface area contributed by atoms with Crippen molar-refractivity contribution < 1.29 is 9.53 Å². The predicted octanol–water partition coefficient (Wildman–Crippen LogP) is 2.25. The van der Waals surface area contributed by atoms with E-state index in [9.17, 15) is 4.79 Å². The van der Waals surface area contributed by atoms with Crippen LogP contribution in [0.5, 0.6) is 5.75 Å². The van der Waals surface area contributed by atoms with Crippen LogP contribution < -0.4 is 10.5 Å². The summed E-state index contributed by atoms with van der Waals surface area (Å²) >= 11 is 0. The maximum Gasteiger partial charge on any atom is 0.239 e. The normalized spacial score (nSPS) is 19.4. The maximum atomic E-state index is 12.1. The molecule has 2 heterocycles. The average molecular weight is 322 g/mol. The smallest absolute Gasteiger partial charge is 0.239 e. The third kappa shape index (κ3) is 2.78. The van der Waals surface area contributed by atoms with Crippen molar-refractivity contribution in [3.63, 3.8) is 0 Å². The standard InChI is InChI=1S/C20H22N2O2/c21-20(23)19-17-4-2-1-3-15(17)8-11-22(19)10-7-14-5-6-18-16(13-14)9-12-24-18/h1-6,13,19H,7-12H2,(H2,21,23). The largest absolute Gasteiger partial charge is 0.493 e. The van der Waals surface area contributed by atoms with Crippen LogP contribution in [-0.4, -0.2) is 30.5 Å². The summed E-state index contributed by atoms with van der Waals surface area (Å²) in [6, 6.07) is 14.3. The first kappa shape index (κ1) is 15.2. The molecule has 2 N–H and O–H groups in total. The highest BCUT2D eigenvalue weighted by atomic mass is 16.5. The van der Waals surface area contributed by atoms with Gasteiger partial charge in [0.1, 0.15) is 11.8 Å². The lowest BCUT2D eigenvalue weighted by atomic mass is 9.92. The first-order valence-electron chi connectivity index (χ1n) is 8.58. The molecule has 4 heteroatoms. The molecule has 0 saturated carbocycles. The zero-order valence-corrected chi connectivity index (χ0v) is 13.7. The number of fused-ring (bicyclic) bond motifs is 2. The van der Waals surface area contributed by atoms with Gasteiger partial charge in [0.25, 0.3) is 0 Å². The third-order valence-electron chi connectivity index (χ3n) is 5.09. The Kier molecular flexibility index (Phi) is 3.98. The zero-order chi connectivity index (χ0) is 16.5. The first-order chi connectivity index (χ1) is 11.7. The predicted molar refractivity (Wildman–Crippen MR) is 93.0 cm³/mol. The van der Waals surface area contributed by atoms with E-state index in [1.165, 1.54) is 16.7 Å². The number of hydrogen-bond acceptors (Lipinski definition) is 3. The fourth-order valence-electron chi connectivity index (χ4n) is 3.86. The highest BCUT2D eigenvalue weighted by Gasteiger charge is 2.30. The molecule has 2 aromatic rings. The third-order valence-corrected chi connectivity index (χ3v) is 5.09. The minimum atomic E-state index is -0.312. The molecule has 4 rings (SSSR count). The molecule has 0 aromatic heterocycles. The zero-order valence-electron chi connectivity index (χ0n) is 13.7. The lowest BCUT2D eigenvalue weighted by Crippen LogP contribution is -2.43. The van der Waals surface area contributed by atoms with Crippen molar-refractivity contribution in [2.75, 3.05) is 19.7 Å². The molecule has 1 unspecified atom stereocenters. The minimum absolute atomic E-state index is 0.260. The van der Waals surface area contributed by atoms with Crippen LogP contribution in [0.4, 0.5) is 0 Å². The molecule has 2 aliphatic rings. The molecule has 24 heavy (non-hydrogen) atoms. The van der Waals surface area contributed by atoms with E-state index in [0.29, 0.717) is 0 Å². The van der Waals surface area contributed by atoms with Gasteiger partial charge in [-0.05, 0) is 41.2 Å². The number of carbonyl (C=O) groups is 1. The second-order valence-corrected chi connectivity index (χ2v) is 6.58. The Hall–Kier alpha value is -2.33. The minimum Gasteiger partial charge on any atom is -0.493 e. The Morgan fingerprint density at radius 3 is 2.92 bits per heavy atom. The summed E-state index contributed by atoms with van der Waals surface area (Å²) in [5, 5.41) is 0. The van der Waals surface area contributed by atoms with Gasteiger partial charge in [0.05, 0.1) is 6.61 Å². The monoisotopic (exact) mass is 322 g/mol. The van der Waals surface area contributed by atoms with Gasteiger partial charge >= 0.3 is 0 Å². The van der Waals surface area contributed by atoms with Crippen molar-refractivity contribution in [1.29, 1.82) is 0 Å². The fourth-order valence-corrected chi connectivity index (χ4v) is 3.86. The number of nitrogens with two attached hydrogens (primary N) is 1. The topological polar surface area (TPSA) is 55.6 Å². The molecule has 0 fully saturated rings. The van der Waals surface area contributed by atoms with Gasteiger partial charge in [0, 0.05) is 19.5 Å². The van der Waals surface area contributed by atoms with Gasteiger partial charge in [0.15, 0.2) is 0 Å². The molecule has 1 atom stereocenters. The number of benzene rings is 2. The van der Waals surface area contributed by atoms with Crippen molar-refractivity contribution in [3.8, 4) is 5.75 Å². The molecular weight excluding hydrogens is 300 g/mol. The average Bonchev–Trinajstić information content (AvgIpc) is 3.06. The number of primary amides is 1. The number of nitrogens with zero attached hydrogens (tertiary/aromatic N) is 1. The second-order valence-electron chi connectivity index (χ2n) is 6.58. The Labute approximate surface area is 142 Å². The molecule has 4 nitrogen and oxygen atoms in total. The summed E-state index contributed by atoms with van der Waals surface area (Å²) in [6.45, 7) is 2.49. The van der Waals surface area contributed by atoms with Crippen LogP contribution in [0.1, 0.15) is 28.3 Å². The lowest BCUT2D eigenvalue weighted by Gasteiger charge is -2.35. The van der Waals surface area contributed by atoms with E-state index in [0.717, 1.165) is 50.3 Å². The molecule has 2 aromatic carbocycles. The van der Waals surface area contributed by atoms with Crippen LogP contribution in [0.2, 0.25) is 0 Å². The maximum absolute atomic E-state index is 12.1. The second kappa shape index (κ2) is 6.29. The van der Waals surface area contributed by atoms with Gasteiger partial charge in [-0.15, -0.1) is 0 Å². The van der Waals surface area contributed by atoms with Crippen molar-refractivity contribution in [1.82, 2.24) is 4.90 Å². The van der Waals surface area contributed by atoms with Crippen LogP contribution in [0.3, 0.4) is 0 Å². The van der Waals surface area contributed by atoms with Gasteiger partial charge in [-0.25, -0.2) is 0 Å². The van der Waals surface area contributed by atoms with Crippen LogP contribution in [-0.2, 0) is 24.1 Å². The number of carbonyl (C=O) groups excluding carboxylic acids is 1. The summed E-state index contributed by atoms with van der Waals surface area (Å²) in [5.41, 5.74) is 10.6. The van der Waals surface area contributed by atoms with Crippen molar-refractivity contribution in [3.05, 3.63) is 64.7 Å². The van der Waals surface area contributed by atoms with E-state index in [4.69, 9.17) is 10.5 Å². The van der Waals surface area contributed by atoms with E-state index >= 15 is 0 Å².